The lowest BCUT2D eigenvalue weighted by Gasteiger charge is -2.47. The first kappa shape index (κ1) is 21.6. The molecule has 2 saturated heterocycles. The van der Waals surface area contributed by atoms with Gasteiger partial charge in [-0.05, 0) is 69.5 Å². The molecule has 4 rings (SSSR count). The third-order valence-corrected chi connectivity index (χ3v) is 6.41. The molecule has 166 valence electrons. The Kier molecular flexibility index (Phi) is 5.93. The number of likely N-dealkylation sites (tertiary alicyclic amines) is 1. The highest BCUT2D eigenvalue weighted by atomic mass is 19.1. The molecule has 0 aromatic heterocycles. The predicted octanol–water partition coefficient (Wildman–Crippen LogP) is 4.91. The largest absolute Gasteiger partial charge is 0.491 e. The summed E-state index contributed by atoms with van der Waals surface area (Å²) < 4.78 is 19.8. The van der Waals surface area contributed by atoms with E-state index in [-0.39, 0.29) is 23.5 Å². The number of nitrogens with zero attached hydrogens (tertiary/aromatic N) is 3. The van der Waals surface area contributed by atoms with Crippen molar-refractivity contribution in [1.82, 2.24) is 9.80 Å². The van der Waals surface area contributed by atoms with E-state index in [9.17, 15) is 9.18 Å². The number of halogens is 1. The second-order valence-electron chi connectivity index (χ2n) is 9.27. The lowest BCUT2D eigenvalue weighted by atomic mass is 9.82. The molecule has 2 aromatic carbocycles. The van der Waals surface area contributed by atoms with Gasteiger partial charge >= 0.3 is 6.03 Å². The quantitative estimate of drug-likeness (QED) is 0.683. The Morgan fingerprint density at radius 2 is 1.97 bits per heavy atom. The molecule has 2 aliphatic rings. The number of piperidine rings is 1. The van der Waals surface area contributed by atoms with Crippen LogP contribution in [0, 0.1) is 5.82 Å². The van der Waals surface area contributed by atoms with Crippen molar-refractivity contribution in [3.05, 3.63) is 59.9 Å². The highest BCUT2D eigenvalue weighted by molar-refractivity contribution is 5.96. The third kappa shape index (κ3) is 4.40. The van der Waals surface area contributed by atoms with Gasteiger partial charge in [0.1, 0.15) is 11.6 Å². The zero-order valence-electron chi connectivity index (χ0n) is 18.8. The molecule has 2 amide bonds. The maximum absolute atomic E-state index is 13.9. The average molecular weight is 426 g/mol. The van der Waals surface area contributed by atoms with Crippen molar-refractivity contribution in [2.45, 2.75) is 57.8 Å². The molecule has 6 heteroatoms. The Hall–Kier alpha value is -2.60. The summed E-state index contributed by atoms with van der Waals surface area (Å²) in [6, 6.07) is 14.9. The van der Waals surface area contributed by atoms with Gasteiger partial charge in [-0.3, -0.25) is 9.80 Å². The molecule has 0 saturated carbocycles. The molecule has 31 heavy (non-hydrogen) atoms. The van der Waals surface area contributed by atoms with Crippen molar-refractivity contribution in [2.75, 3.05) is 25.0 Å². The molecule has 1 spiro atoms. The molecule has 2 unspecified atom stereocenters. The summed E-state index contributed by atoms with van der Waals surface area (Å²) in [4.78, 5) is 19.1. The summed E-state index contributed by atoms with van der Waals surface area (Å²) in [5.74, 6) is 0.581. The minimum atomic E-state index is -0.316. The minimum Gasteiger partial charge on any atom is -0.491 e. The van der Waals surface area contributed by atoms with E-state index in [0.717, 1.165) is 31.7 Å². The molecular formula is C25H32FN3O2. The van der Waals surface area contributed by atoms with E-state index in [1.165, 1.54) is 17.7 Å². The van der Waals surface area contributed by atoms with Crippen molar-refractivity contribution in [3.63, 3.8) is 0 Å². The third-order valence-electron chi connectivity index (χ3n) is 6.41. The van der Waals surface area contributed by atoms with Gasteiger partial charge in [0.2, 0.25) is 0 Å². The monoisotopic (exact) mass is 425 g/mol. The highest BCUT2D eigenvalue weighted by Crippen LogP contribution is 2.41. The van der Waals surface area contributed by atoms with Gasteiger partial charge in [-0.25, -0.2) is 9.18 Å². The molecule has 2 heterocycles. The van der Waals surface area contributed by atoms with E-state index >= 15 is 0 Å². The maximum Gasteiger partial charge on any atom is 0.324 e. The molecular weight excluding hydrogens is 393 g/mol. The summed E-state index contributed by atoms with van der Waals surface area (Å²) in [7, 11) is 1.83. The van der Waals surface area contributed by atoms with Crippen LogP contribution in [0.2, 0.25) is 0 Å². The molecule has 2 aliphatic heterocycles. The fraction of sp³-hybridized carbons (Fsp3) is 0.480. The summed E-state index contributed by atoms with van der Waals surface area (Å²) in [6.45, 7) is 8.67. The summed E-state index contributed by atoms with van der Waals surface area (Å²) in [6.07, 6.45) is 1.85. The van der Waals surface area contributed by atoms with E-state index < -0.39 is 0 Å². The van der Waals surface area contributed by atoms with E-state index in [1.807, 2.05) is 44.0 Å². The van der Waals surface area contributed by atoms with Crippen LogP contribution in [0.3, 0.4) is 0 Å². The van der Waals surface area contributed by atoms with Gasteiger partial charge in [-0.1, -0.05) is 18.2 Å². The Balaban J connectivity index is 1.52. The van der Waals surface area contributed by atoms with Crippen molar-refractivity contribution in [2.24, 2.45) is 0 Å². The summed E-state index contributed by atoms with van der Waals surface area (Å²) >= 11 is 0. The molecule has 0 N–H and O–H groups in total. The summed E-state index contributed by atoms with van der Waals surface area (Å²) in [5.41, 5.74) is 1.56. The van der Waals surface area contributed by atoms with E-state index in [4.69, 9.17) is 4.74 Å². The van der Waals surface area contributed by atoms with Crippen LogP contribution in [0.25, 0.3) is 0 Å². The number of carbonyl (C=O) groups excluding carboxylic acids is 1. The van der Waals surface area contributed by atoms with E-state index in [1.54, 1.807) is 11.0 Å². The van der Waals surface area contributed by atoms with Crippen LogP contribution < -0.4 is 9.64 Å². The van der Waals surface area contributed by atoms with Crippen LogP contribution in [-0.4, -0.2) is 53.7 Å². The average Bonchev–Trinajstić information content (AvgIpc) is 2.93. The van der Waals surface area contributed by atoms with Crippen LogP contribution >= 0.6 is 0 Å². The number of likely N-dealkylation sites (N-methyl/N-ethyl adjacent to an activating group) is 1. The second-order valence-corrected chi connectivity index (χ2v) is 9.27. The van der Waals surface area contributed by atoms with Gasteiger partial charge in [0, 0.05) is 38.4 Å². The topological polar surface area (TPSA) is 36.0 Å². The first-order valence-electron chi connectivity index (χ1n) is 11.1. The lowest BCUT2D eigenvalue weighted by molar-refractivity contribution is 0.100. The van der Waals surface area contributed by atoms with Crippen LogP contribution in [0.15, 0.2) is 48.5 Å². The zero-order valence-corrected chi connectivity index (χ0v) is 18.8. The Morgan fingerprint density at radius 1 is 1.19 bits per heavy atom. The number of hydrogen-bond acceptors (Lipinski definition) is 3. The van der Waals surface area contributed by atoms with Gasteiger partial charge in [-0.15, -0.1) is 0 Å². The van der Waals surface area contributed by atoms with Crippen LogP contribution in [0.4, 0.5) is 14.9 Å². The first-order chi connectivity index (χ1) is 14.8. The predicted molar refractivity (Wildman–Crippen MR) is 121 cm³/mol. The van der Waals surface area contributed by atoms with Crippen molar-refractivity contribution < 1.29 is 13.9 Å². The first-order valence-corrected chi connectivity index (χ1v) is 11.1. The normalized spacial score (nSPS) is 24.5. The minimum absolute atomic E-state index is 0.0511. The van der Waals surface area contributed by atoms with E-state index in [2.05, 4.69) is 24.0 Å². The highest BCUT2D eigenvalue weighted by Gasteiger charge is 2.52. The van der Waals surface area contributed by atoms with Crippen LogP contribution in [0.1, 0.15) is 39.2 Å². The van der Waals surface area contributed by atoms with Crippen molar-refractivity contribution in [1.29, 1.82) is 0 Å². The van der Waals surface area contributed by atoms with Crippen molar-refractivity contribution in [3.8, 4) is 5.75 Å². The number of hydrogen-bond donors (Lipinski definition) is 0. The number of amides is 2. The maximum atomic E-state index is 13.9. The van der Waals surface area contributed by atoms with Gasteiger partial charge < -0.3 is 9.64 Å². The number of ether oxygens (including phenoxy) is 1. The Bertz CT molecular complexity index is 950. The second kappa shape index (κ2) is 8.50. The number of carbonyl (C=O) groups is 1. The molecule has 2 aromatic rings. The van der Waals surface area contributed by atoms with Gasteiger partial charge in [0.05, 0.1) is 11.6 Å². The van der Waals surface area contributed by atoms with Crippen molar-refractivity contribution >= 4 is 11.7 Å². The van der Waals surface area contributed by atoms with Gasteiger partial charge in [0.15, 0.2) is 0 Å². The number of urea groups is 1. The Labute approximate surface area is 184 Å². The fourth-order valence-electron chi connectivity index (χ4n) is 5.11. The molecule has 2 fully saturated rings. The van der Waals surface area contributed by atoms with E-state index in [0.29, 0.717) is 18.3 Å². The number of rotatable bonds is 5. The van der Waals surface area contributed by atoms with Crippen LogP contribution in [0.5, 0.6) is 5.75 Å². The molecule has 2 atom stereocenters. The molecule has 0 aliphatic carbocycles. The van der Waals surface area contributed by atoms with Gasteiger partial charge in [-0.2, -0.15) is 0 Å². The van der Waals surface area contributed by atoms with Gasteiger partial charge in [0.25, 0.3) is 0 Å². The fourth-order valence-corrected chi connectivity index (χ4v) is 5.11. The summed E-state index contributed by atoms with van der Waals surface area (Å²) in [5, 5.41) is 0. The number of anilines is 1. The molecule has 0 radical (unpaired) electrons. The Morgan fingerprint density at radius 3 is 2.68 bits per heavy atom. The smallest absolute Gasteiger partial charge is 0.324 e. The number of benzene rings is 2. The molecule has 0 bridgehead atoms. The lowest BCUT2D eigenvalue weighted by Crippen LogP contribution is -2.57. The zero-order chi connectivity index (χ0) is 22.2. The molecule has 5 nitrogen and oxygen atoms in total. The van der Waals surface area contributed by atoms with Crippen LogP contribution in [-0.2, 0) is 6.54 Å². The SMILES string of the molecule is CC(C)Oc1cccc(CN2CCC3(CC2C)CN(C)C(=O)N3c2cccc(F)c2)c1. The standard InChI is InChI=1S/C25H32FN3O2/c1-18(2)31-23-10-5-7-20(13-23)16-28-12-11-25(15-19(28)3)17-27(4)24(30)29(25)22-9-6-8-21(26)14-22/h5-10,13-14,18-19H,11-12,15-17H2,1-4H3.